The van der Waals surface area contributed by atoms with Gasteiger partial charge in [-0.15, -0.1) is 0 Å². The van der Waals surface area contributed by atoms with Gasteiger partial charge in [-0.2, -0.15) is 5.26 Å². The zero-order valence-electron chi connectivity index (χ0n) is 7.93. The van der Waals surface area contributed by atoms with Crippen molar-refractivity contribution in [2.24, 2.45) is 0 Å². The molecule has 0 unspecified atom stereocenters. The standard InChI is InChI=1S/C11H9F2NO/c12-8-4-7(15)5-9(13)10(8)11(6-14)2-1-3-11/h4-5,15H,1-3H2. The van der Waals surface area contributed by atoms with Crippen LogP contribution in [0.2, 0.25) is 0 Å². The third kappa shape index (κ3) is 1.35. The van der Waals surface area contributed by atoms with E-state index in [-0.39, 0.29) is 5.56 Å². The van der Waals surface area contributed by atoms with E-state index < -0.39 is 22.8 Å². The molecule has 0 aliphatic heterocycles. The van der Waals surface area contributed by atoms with Gasteiger partial charge in [0.1, 0.15) is 17.4 Å². The van der Waals surface area contributed by atoms with Crippen molar-refractivity contribution in [3.05, 3.63) is 29.3 Å². The summed E-state index contributed by atoms with van der Waals surface area (Å²) in [4.78, 5) is 0. The van der Waals surface area contributed by atoms with Crippen LogP contribution < -0.4 is 0 Å². The lowest BCUT2D eigenvalue weighted by molar-refractivity contribution is 0.300. The molecule has 0 spiro atoms. The average molecular weight is 209 g/mol. The summed E-state index contributed by atoms with van der Waals surface area (Å²) in [5.74, 6) is -2.14. The molecule has 1 aliphatic rings. The summed E-state index contributed by atoms with van der Waals surface area (Å²) in [6.07, 6.45) is 1.75. The summed E-state index contributed by atoms with van der Waals surface area (Å²) >= 11 is 0. The highest BCUT2D eigenvalue weighted by Crippen LogP contribution is 2.45. The summed E-state index contributed by atoms with van der Waals surface area (Å²) in [5.41, 5.74) is -1.23. The van der Waals surface area contributed by atoms with Gasteiger partial charge >= 0.3 is 0 Å². The average Bonchev–Trinajstić information content (AvgIpc) is 2.07. The fourth-order valence-electron chi connectivity index (χ4n) is 1.96. The molecule has 2 nitrogen and oxygen atoms in total. The number of halogens is 2. The van der Waals surface area contributed by atoms with Crippen molar-refractivity contribution < 1.29 is 13.9 Å². The second-order valence-corrected chi connectivity index (χ2v) is 3.83. The first-order valence-electron chi connectivity index (χ1n) is 4.69. The molecular formula is C11H9F2NO. The third-order valence-electron chi connectivity index (χ3n) is 2.93. The first kappa shape index (κ1) is 9.91. The van der Waals surface area contributed by atoms with E-state index in [1.165, 1.54) is 0 Å². The summed E-state index contributed by atoms with van der Waals surface area (Å²) in [6.45, 7) is 0. The fraction of sp³-hybridized carbons (Fsp3) is 0.364. The first-order chi connectivity index (χ1) is 7.09. The number of hydrogen-bond donors (Lipinski definition) is 1. The van der Waals surface area contributed by atoms with Gasteiger partial charge in [-0.25, -0.2) is 8.78 Å². The highest BCUT2D eigenvalue weighted by molar-refractivity contribution is 5.40. The predicted molar refractivity (Wildman–Crippen MR) is 49.2 cm³/mol. The van der Waals surface area contributed by atoms with E-state index in [2.05, 4.69) is 0 Å². The Bertz CT molecular complexity index is 423. The SMILES string of the molecule is N#CC1(c2c(F)cc(O)cc2F)CCC1. The van der Waals surface area contributed by atoms with E-state index in [4.69, 9.17) is 10.4 Å². The monoisotopic (exact) mass is 209 g/mol. The molecular weight excluding hydrogens is 200 g/mol. The maximum Gasteiger partial charge on any atom is 0.134 e. The molecule has 0 bridgehead atoms. The molecule has 15 heavy (non-hydrogen) atoms. The molecule has 0 amide bonds. The number of nitriles is 1. The normalized spacial score (nSPS) is 17.9. The molecule has 0 heterocycles. The van der Waals surface area contributed by atoms with Crippen LogP contribution in [0.1, 0.15) is 24.8 Å². The molecule has 1 aliphatic carbocycles. The topological polar surface area (TPSA) is 44.0 Å². The number of rotatable bonds is 1. The Balaban J connectivity index is 2.58. The molecule has 0 radical (unpaired) electrons. The van der Waals surface area contributed by atoms with Crippen molar-refractivity contribution in [1.82, 2.24) is 0 Å². The van der Waals surface area contributed by atoms with E-state index in [0.29, 0.717) is 12.8 Å². The van der Waals surface area contributed by atoms with Gasteiger partial charge in [-0.1, -0.05) is 0 Å². The van der Waals surface area contributed by atoms with Crippen molar-refractivity contribution in [1.29, 1.82) is 5.26 Å². The Morgan fingerprint density at radius 2 is 1.80 bits per heavy atom. The lowest BCUT2D eigenvalue weighted by atomic mass is 9.65. The largest absolute Gasteiger partial charge is 0.508 e. The summed E-state index contributed by atoms with van der Waals surface area (Å²) < 4.78 is 26.9. The maximum absolute atomic E-state index is 13.5. The van der Waals surface area contributed by atoms with E-state index in [9.17, 15) is 8.78 Å². The molecule has 2 rings (SSSR count). The fourth-order valence-corrected chi connectivity index (χ4v) is 1.96. The van der Waals surface area contributed by atoms with Crippen molar-refractivity contribution in [3.63, 3.8) is 0 Å². The molecule has 1 aromatic carbocycles. The van der Waals surface area contributed by atoms with Crippen LogP contribution in [-0.2, 0) is 5.41 Å². The number of hydrogen-bond acceptors (Lipinski definition) is 2. The lowest BCUT2D eigenvalue weighted by Crippen LogP contribution is -2.34. The van der Waals surface area contributed by atoms with Crippen LogP contribution in [0.15, 0.2) is 12.1 Å². The van der Waals surface area contributed by atoms with Crippen molar-refractivity contribution in [3.8, 4) is 11.8 Å². The summed E-state index contributed by atoms with van der Waals surface area (Å²) in [5, 5.41) is 17.9. The Hall–Kier alpha value is -1.63. The van der Waals surface area contributed by atoms with Crippen molar-refractivity contribution >= 4 is 0 Å². The van der Waals surface area contributed by atoms with Gasteiger partial charge in [0.25, 0.3) is 0 Å². The van der Waals surface area contributed by atoms with Crippen molar-refractivity contribution in [2.75, 3.05) is 0 Å². The van der Waals surface area contributed by atoms with Gasteiger partial charge in [-0.05, 0) is 19.3 Å². The molecule has 0 saturated heterocycles. The zero-order valence-corrected chi connectivity index (χ0v) is 7.93. The molecule has 1 fully saturated rings. The van der Waals surface area contributed by atoms with E-state index in [1.54, 1.807) is 0 Å². The minimum Gasteiger partial charge on any atom is -0.508 e. The highest BCUT2D eigenvalue weighted by atomic mass is 19.1. The van der Waals surface area contributed by atoms with E-state index >= 15 is 0 Å². The zero-order chi connectivity index (χ0) is 11.1. The maximum atomic E-state index is 13.5. The highest BCUT2D eigenvalue weighted by Gasteiger charge is 2.43. The number of phenolic OH excluding ortho intramolecular Hbond substituents is 1. The minimum atomic E-state index is -1.03. The van der Waals surface area contributed by atoms with E-state index in [1.807, 2.05) is 6.07 Å². The van der Waals surface area contributed by atoms with Gasteiger partial charge in [-0.3, -0.25) is 0 Å². The molecule has 1 aromatic rings. The van der Waals surface area contributed by atoms with Crippen LogP contribution in [0.25, 0.3) is 0 Å². The smallest absolute Gasteiger partial charge is 0.134 e. The Morgan fingerprint density at radius 1 is 1.27 bits per heavy atom. The minimum absolute atomic E-state index is 0.200. The Kier molecular flexibility index (Phi) is 2.11. The molecule has 0 aromatic heterocycles. The number of aromatic hydroxyl groups is 1. The van der Waals surface area contributed by atoms with Gasteiger partial charge in [0.15, 0.2) is 0 Å². The van der Waals surface area contributed by atoms with Gasteiger partial charge in [0.2, 0.25) is 0 Å². The van der Waals surface area contributed by atoms with Crippen LogP contribution in [0.3, 0.4) is 0 Å². The van der Waals surface area contributed by atoms with Crippen molar-refractivity contribution in [2.45, 2.75) is 24.7 Å². The second-order valence-electron chi connectivity index (χ2n) is 3.83. The predicted octanol–water partition coefficient (Wildman–Crippen LogP) is 2.62. The van der Waals surface area contributed by atoms with Crippen LogP contribution in [0.5, 0.6) is 5.75 Å². The van der Waals surface area contributed by atoms with Gasteiger partial charge in [0, 0.05) is 17.7 Å². The summed E-state index contributed by atoms with van der Waals surface area (Å²) in [7, 11) is 0. The summed E-state index contributed by atoms with van der Waals surface area (Å²) in [6, 6.07) is 3.66. The lowest BCUT2D eigenvalue weighted by Gasteiger charge is -2.35. The van der Waals surface area contributed by atoms with Crippen LogP contribution in [-0.4, -0.2) is 5.11 Å². The molecule has 78 valence electrons. The Labute approximate surface area is 85.8 Å². The quantitative estimate of drug-likeness (QED) is 0.772. The van der Waals surface area contributed by atoms with Gasteiger partial charge < -0.3 is 5.11 Å². The van der Waals surface area contributed by atoms with Crippen LogP contribution in [0, 0.1) is 23.0 Å². The Morgan fingerprint density at radius 3 is 2.13 bits per heavy atom. The van der Waals surface area contributed by atoms with E-state index in [0.717, 1.165) is 18.6 Å². The third-order valence-corrected chi connectivity index (χ3v) is 2.93. The number of benzene rings is 1. The van der Waals surface area contributed by atoms with Crippen LogP contribution >= 0.6 is 0 Å². The van der Waals surface area contributed by atoms with Gasteiger partial charge in [0.05, 0.1) is 11.5 Å². The molecule has 4 heteroatoms. The van der Waals surface area contributed by atoms with Crippen LogP contribution in [0.4, 0.5) is 8.78 Å². The number of phenols is 1. The molecule has 1 N–H and O–H groups in total. The number of nitrogens with zero attached hydrogens (tertiary/aromatic N) is 1. The molecule has 1 saturated carbocycles. The molecule has 0 atom stereocenters. The first-order valence-corrected chi connectivity index (χ1v) is 4.69. The second kappa shape index (κ2) is 3.20.